The summed E-state index contributed by atoms with van der Waals surface area (Å²) in [7, 11) is 0. The lowest BCUT2D eigenvalue weighted by atomic mass is 10.1. The minimum absolute atomic E-state index is 0.192. The molecule has 0 bridgehead atoms. The standard InChI is InChI=1S/C13H13FN2O2/c1-8-2-3-9(6-11(8)14)13-15-12(16-18-13)10-4-5-17-7-10/h2-3,6,10H,4-5,7H2,1H3/t10-/m0/s1. The fourth-order valence-electron chi connectivity index (χ4n) is 1.98. The first-order valence-corrected chi connectivity index (χ1v) is 5.92. The molecular formula is C13H13FN2O2. The molecule has 2 aromatic rings. The van der Waals surface area contributed by atoms with Crippen LogP contribution in [0.15, 0.2) is 22.7 Å². The molecule has 5 heteroatoms. The van der Waals surface area contributed by atoms with Gasteiger partial charge in [-0.25, -0.2) is 4.39 Å². The van der Waals surface area contributed by atoms with E-state index in [1.54, 1.807) is 19.1 Å². The molecule has 94 valence electrons. The SMILES string of the molecule is Cc1ccc(-c2nc([C@H]3CCOC3)no2)cc1F. The summed E-state index contributed by atoms with van der Waals surface area (Å²) in [6.45, 7) is 3.07. The Bertz CT molecular complexity index is 562. The van der Waals surface area contributed by atoms with Crippen molar-refractivity contribution in [2.75, 3.05) is 13.2 Å². The van der Waals surface area contributed by atoms with E-state index in [9.17, 15) is 4.39 Å². The van der Waals surface area contributed by atoms with E-state index in [1.807, 2.05) is 0 Å². The van der Waals surface area contributed by atoms with E-state index in [2.05, 4.69) is 10.1 Å². The second-order valence-corrected chi connectivity index (χ2v) is 4.48. The van der Waals surface area contributed by atoms with Crippen LogP contribution >= 0.6 is 0 Å². The normalized spacial score (nSPS) is 19.3. The minimum Gasteiger partial charge on any atom is -0.381 e. The van der Waals surface area contributed by atoms with Crippen LogP contribution < -0.4 is 0 Å². The number of nitrogens with zero attached hydrogens (tertiary/aromatic N) is 2. The predicted octanol–water partition coefficient (Wildman–Crippen LogP) is 2.69. The zero-order chi connectivity index (χ0) is 12.5. The number of aromatic nitrogens is 2. The lowest BCUT2D eigenvalue weighted by molar-refractivity contribution is 0.192. The van der Waals surface area contributed by atoms with Crippen LogP contribution in [-0.4, -0.2) is 23.4 Å². The van der Waals surface area contributed by atoms with Gasteiger partial charge in [0.05, 0.1) is 6.61 Å². The van der Waals surface area contributed by atoms with Crippen LogP contribution in [0, 0.1) is 12.7 Å². The van der Waals surface area contributed by atoms with E-state index in [4.69, 9.17) is 9.26 Å². The van der Waals surface area contributed by atoms with Crippen molar-refractivity contribution in [2.45, 2.75) is 19.3 Å². The Morgan fingerprint density at radius 3 is 3.00 bits per heavy atom. The van der Waals surface area contributed by atoms with Gasteiger partial charge in [-0.2, -0.15) is 4.98 Å². The third-order valence-electron chi connectivity index (χ3n) is 3.16. The van der Waals surface area contributed by atoms with E-state index >= 15 is 0 Å². The van der Waals surface area contributed by atoms with Crippen LogP contribution in [0.5, 0.6) is 0 Å². The van der Waals surface area contributed by atoms with Gasteiger partial charge in [0.1, 0.15) is 5.82 Å². The molecule has 0 unspecified atom stereocenters. The molecule has 1 saturated heterocycles. The highest BCUT2D eigenvalue weighted by molar-refractivity contribution is 5.53. The molecule has 4 nitrogen and oxygen atoms in total. The molecule has 0 amide bonds. The summed E-state index contributed by atoms with van der Waals surface area (Å²) in [6.07, 6.45) is 0.904. The summed E-state index contributed by atoms with van der Waals surface area (Å²) in [5.41, 5.74) is 1.21. The fraction of sp³-hybridized carbons (Fsp3) is 0.385. The van der Waals surface area contributed by atoms with E-state index in [0.29, 0.717) is 29.4 Å². The number of halogens is 1. The van der Waals surface area contributed by atoms with Crippen LogP contribution in [-0.2, 0) is 4.74 Å². The first kappa shape index (κ1) is 11.3. The Labute approximate surface area is 104 Å². The van der Waals surface area contributed by atoms with Crippen molar-refractivity contribution in [2.24, 2.45) is 0 Å². The van der Waals surface area contributed by atoms with Crippen LogP contribution in [0.25, 0.3) is 11.5 Å². The summed E-state index contributed by atoms with van der Waals surface area (Å²) < 4.78 is 23.9. The topological polar surface area (TPSA) is 48.2 Å². The van der Waals surface area contributed by atoms with Crippen molar-refractivity contribution in [1.82, 2.24) is 10.1 Å². The molecule has 0 saturated carbocycles. The van der Waals surface area contributed by atoms with Crippen molar-refractivity contribution in [3.8, 4) is 11.5 Å². The van der Waals surface area contributed by atoms with Gasteiger partial charge in [0, 0.05) is 18.1 Å². The van der Waals surface area contributed by atoms with E-state index in [0.717, 1.165) is 13.0 Å². The van der Waals surface area contributed by atoms with Gasteiger partial charge in [-0.15, -0.1) is 0 Å². The number of hydrogen-bond acceptors (Lipinski definition) is 4. The summed E-state index contributed by atoms with van der Waals surface area (Å²) in [5.74, 6) is 0.925. The van der Waals surface area contributed by atoms with E-state index in [1.165, 1.54) is 6.07 Å². The van der Waals surface area contributed by atoms with Gasteiger partial charge in [-0.1, -0.05) is 11.2 Å². The van der Waals surface area contributed by atoms with Gasteiger partial charge in [0.2, 0.25) is 0 Å². The van der Waals surface area contributed by atoms with Crippen molar-refractivity contribution >= 4 is 0 Å². The highest BCUT2D eigenvalue weighted by Crippen LogP contribution is 2.26. The maximum Gasteiger partial charge on any atom is 0.258 e. The average Bonchev–Trinajstić information content (AvgIpc) is 3.01. The number of benzene rings is 1. The largest absolute Gasteiger partial charge is 0.381 e. The fourth-order valence-corrected chi connectivity index (χ4v) is 1.98. The second kappa shape index (κ2) is 4.49. The van der Waals surface area contributed by atoms with Gasteiger partial charge in [-0.3, -0.25) is 0 Å². The molecule has 1 aliphatic rings. The number of ether oxygens (including phenoxy) is 1. The van der Waals surface area contributed by atoms with Crippen molar-refractivity contribution in [1.29, 1.82) is 0 Å². The smallest absolute Gasteiger partial charge is 0.258 e. The first-order valence-electron chi connectivity index (χ1n) is 5.92. The molecule has 3 rings (SSSR count). The Morgan fingerprint density at radius 1 is 1.39 bits per heavy atom. The molecule has 0 aliphatic carbocycles. The zero-order valence-corrected chi connectivity index (χ0v) is 10.0. The first-order chi connectivity index (χ1) is 8.74. The highest BCUT2D eigenvalue weighted by Gasteiger charge is 2.23. The molecule has 1 fully saturated rings. The lowest BCUT2D eigenvalue weighted by Crippen LogP contribution is -1.99. The van der Waals surface area contributed by atoms with Crippen LogP contribution in [0.3, 0.4) is 0 Å². The monoisotopic (exact) mass is 248 g/mol. The summed E-state index contributed by atoms with van der Waals surface area (Å²) in [5, 5.41) is 3.94. The Kier molecular flexibility index (Phi) is 2.83. The van der Waals surface area contributed by atoms with Crippen molar-refractivity contribution in [3.63, 3.8) is 0 Å². The van der Waals surface area contributed by atoms with E-state index < -0.39 is 0 Å². The molecule has 18 heavy (non-hydrogen) atoms. The number of aryl methyl sites for hydroxylation is 1. The molecule has 1 aliphatic heterocycles. The number of rotatable bonds is 2. The molecule has 0 radical (unpaired) electrons. The van der Waals surface area contributed by atoms with Gasteiger partial charge in [0.25, 0.3) is 5.89 Å². The van der Waals surface area contributed by atoms with Gasteiger partial charge in [0.15, 0.2) is 5.82 Å². The molecule has 1 aromatic heterocycles. The quantitative estimate of drug-likeness (QED) is 0.819. The summed E-state index contributed by atoms with van der Waals surface area (Å²) in [4.78, 5) is 4.31. The van der Waals surface area contributed by atoms with Gasteiger partial charge >= 0.3 is 0 Å². The van der Waals surface area contributed by atoms with Crippen molar-refractivity contribution < 1.29 is 13.7 Å². The maximum atomic E-state index is 13.5. The van der Waals surface area contributed by atoms with Crippen LogP contribution in [0.1, 0.15) is 23.7 Å². The Morgan fingerprint density at radius 2 is 2.28 bits per heavy atom. The van der Waals surface area contributed by atoms with E-state index in [-0.39, 0.29) is 11.7 Å². The molecule has 0 spiro atoms. The average molecular weight is 248 g/mol. The number of hydrogen-bond donors (Lipinski definition) is 0. The Balaban J connectivity index is 1.89. The van der Waals surface area contributed by atoms with Gasteiger partial charge < -0.3 is 9.26 Å². The molecule has 1 aromatic carbocycles. The van der Waals surface area contributed by atoms with Crippen LogP contribution in [0.4, 0.5) is 4.39 Å². The third-order valence-corrected chi connectivity index (χ3v) is 3.16. The van der Waals surface area contributed by atoms with Crippen molar-refractivity contribution in [3.05, 3.63) is 35.4 Å². The molecule has 0 N–H and O–H groups in total. The molecule has 2 heterocycles. The predicted molar refractivity (Wildman–Crippen MR) is 62.6 cm³/mol. The second-order valence-electron chi connectivity index (χ2n) is 4.48. The lowest BCUT2D eigenvalue weighted by Gasteiger charge is -1.99. The molecule has 1 atom stereocenters. The summed E-state index contributed by atoms with van der Waals surface area (Å²) in [6, 6.07) is 4.89. The zero-order valence-electron chi connectivity index (χ0n) is 10.0. The highest BCUT2D eigenvalue weighted by atomic mass is 19.1. The minimum atomic E-state index is -0.267. The maximum absolute atomic E-state index is 13.5. The molecular weight excluding hydrogens is 235 g/mol. The Hall–Kier alpha value is -1.75. The summed E-state index contributed by atoms with van der Waals surface area (Å²) >= 11 is 0. The van der Waals surface area contributed by atoms with Crippen LogP contribution in [0.2, 0.25) is 0 Å². The van der Waals surface area contributed by atoms with Gasteiger partial charge in [-0.05, 0) is 31.0 Å². The third kappa shape index (κ3) is 2.01.